The van der Waals surface area contributed by atoms with E-state index in [0.29, 0.717) is 0 Å². The van der Waals surface area contributed by atoms with E-state index in [2.05, 4.69) is 20.9 Å². The highest BCUT2D eigenvalue weighted by molar-refractivity contribution is 9.10. The van der Waals surface area contributed by atoms with Gasteiger partial charge in [-0.25, -0.2) is 9.37 Å². The summed E-state index contributed by atoms with van der Waals surface area (Å²) in [6.45, 7) is 0.0409. The smallest absolute Gasteiger partial charge is 0.296 e. The van der Waals surface area contributed by atoms with Gasteiger partial charge >= 0.3 is 10.2 Å². The minimum absolute atomic E-state index is 0.0409. The Bertz CT molecular complexity index is 623. The molecule has 1 aliphatic rings. The highest BCUT2D eigenvalue weighted by Gasteiger charge is 2.35. The second-order valence-electron chi connectivity index (χ2n) is 4.24. The second kappa shape index (κ2) is 5.12. The van der Waals surface area contributed by atoms with Crippen LogP contribution in [-0.4, -0.2) is 31.6 Å². The van der Waals surface area contributed by atoms with E-state index < -0.39 is 27.7 Å². The first kappa shape index (κ1) is 14.3. The number of anilines is 1. The van der Waals surface area contributed by atoms with Crippen LogP contribution in [0.4, 0.5) is 14.1 Å². The fourth-order valence-corrected chi connectivity index (χ4v) is 3.31. The largest absolute Gasteiger partial charge is 0.302 e. The summed E-state index contributed by atoms with van der Waals surface area (Å²) in [6, 6.07) is 1.15. The molecule has 1 saturated heterocycles. The molecule has 5 nitrogen and oxygen atoms in total. The number of nitrogens with zero attached hydrogens (tertiary/aromatic N) is 2. The molecule has 1 atom stereocenters. The molecule has 0 bridgehead atoms. The van der Waals surface area contributed by atoms with Crippen molar-refractivity contribution >= 4 is 37.9 Å². The molecule has 2 rings (SSSR count). The molecule has 19 heavy (non-hydrogen) atoms. The Morgan fingerprint density at radius 3 is 2.79 bits per heavy atom. The lowest BCUT2D eigenvalue weighted by Crippen LogP contribution is -2.26. The van der Waals surface area contributed by atoms with Crippen LogP contribution in [0.25, 0.3) is 0 Å². The maximum Gasteiger partial charge on any atom is 0.302 e. The number of carbonyl (C=O) groups excluding carboxylic acids is 1. The molecule has 0 aliphatic carbocycles. The number of pyridine rings is 1. The van der Waals surface area contributed by atoms with E-state index in [0.717, 1.165) is 12.3 Å². The summed E-state index contributed by atoms with van der Waals surface area (Å²) in [5.41, 5.74) is 0. The van der Waals surface area contributed by atoms with E-state index in [1.165, 1.54) is 4.90 Å². The average Bonchev–Trinajstić information content (AvgIpc) is 2.56. The quantitative estimate of drug-likeness (QED) is 0.773. The van der Waals surface area contributed by atoms with E-state index in [4.69, 9.17) is 0 Å². The van der Waals surface area contributed by atoms with E-state index in [1.807, 2.05) is 0 Å². The van der Waals surface area contributed by atoms with Crippen molar-refractivity contribution < 1.29 is 21.5 Å². The van der Waals surface area contributed by atoms with Crippen LogP contribution in [0.2, 0.25) is 0 Å². The summed E-state index contributed by atoms with van der Waals surface area (Å²) in [4.78, 5) is 16.8. The number of hydrogen-bond donors (Lipinski definition) is 0. The van der Waals surface area contributed by atoms with Gasteiger partial charge in [-0.15, -0.1) is 3.89 Å². The first-order valence-corrected chi connectivity index (χ1v) is 7.64. The molecule has 1 unspecified atom stereocenters. The summed E-state index contributed by atoms with van der Waals surface area (Å²) in [5.74, 6) is -2.06. The van der Waals surface area contributed by atoms with E-state index in [1.54, 1.807) is 0 Å². The van der Waals surface area contributed by atoms with Crippen molar-refractivity contribution in [3.05, 3.63) is 22.6 Å². The maximum absolute atomic E-state index is 12.9. The molecular formula is C10H9BrF2N2O3S. The van der Waals surface area contributed by atoms with Crippen LogP contribution in [0.15, 0.2) is 16.7 Å². The van der Waals surface area contributed by atoms with Crippen LogP contribution in [-0.2, 0) is 15.0 Å². The number of aromatic nitrogens is 1. The Hall–Kier alpha value is -1.09. The SMILES string of the molecule is O=C1CC(CS(=O)(=O)F)CN1c1ncc(F)cc1Br. The molecule has 1 amide bonds. The topological polar surface area (TPSA) is 67.3 Å². The molecule has 1 aliphatic heterocycles. The third-order valence-corrected chi connectivity index (χ3v) is 4.14. The van der Waals surface area contributed by atoms with Crippen molar-refractivity contribution in [2.24, 2.45) is 5.92 Å². The van der Waals surface area contributed by atoms with Gasteiger partial charge in [-0.05, 0) is 22.0 Å². The van der Waals surface area contributed by atoms with Gasteiger partial charge in [0.2, 0.25) is 5.91 Å². The number of hydrogen-bond acceptors (Lipinski definition) is 4. The lowest BCUT2D eigenvalue weighted by atomic mass is 10.1. The summed E-state index contributed by atoms with van der Waals surface area (Å²) < 4.78 is 46.9. The molecule has 0 N–H and O–H groups in total. The lowest BCUT2D eigenvalue weighted by Gasteiger charge is -2.16. The fraction of sp³-hybridized carbons (Fsp3) is 0.400. The Balaban J connectivity index is 2.20. The third kappa shape index (κ3) is 3.47. The fourth-order valence-electron chi connectivity index (χ4n) is 1.99. The van der Waals surface area contributed by atoms with Crippen molar-refractivity contribution in [3.8, 4) is 0 Å². The van der Waals surface area contributed by atoms with Gasteiger partial charge in [0.05, 0.1) is 16.4 Å². The summed E-state index contributed by atoms with van der Waals surface area (Å²) in [6.07, 6.45) is 0.876. The zero-order chi connectivity index (χ0) is 14.2. The summed E-state index contributed by atoms with van der Waals surface area (Å²) >= 11 is 3.08. The Morgan fingerprint density at radius 2 is 2.21 bits per heavy atom. The minimum atomic E-state index is -4.62. The molecule has 104 valence electrons. The number of halogens is 3. The maximum atomic E-state index is 12.9. The molecule has 1 aromatic heterocycles. The van der Waals surface area contributed by atoms with Crippen LogP contribution in [0.1, 0.15) is 6.42 Å². The van der Waals surface area contributed by atoms with Gasteiger partial charge in [0.1, 0.15) is 11.6 Å². The predicted octanol–water partition coefficient (Wildman–Crippen LogP) is 1.64. The monoisotopic (exact) mass is 354 g/mol. The van der Waals surface area contributed by atoms with Gasteiger partial charge in [-0.3, -0.25) is 9.69 Å². The number of amides is 1. The van der Waals surface area contributed by atoms with Gasteiger partial charge in [0, 0.05) is 18.9 Å². The van der Waals surface area contributed by atoms with E-state index >= 15 is 0 Å². The molecule has 0 saturated carbocycles. The van der Waals surface area contributed by atoms with Crippen LogP contribution < -0.4 is 4.90 Å². The van der Waals surface area contributed by atoms with Crippen LogP contribution >= 0.6 is 15.9 Å². The molecule has 2 heterocycles. The standard InChI is InChI=1S/C10H9BrF2N2O3S/c11-8-2-7(12)3-14-10(8)15-4-6(1-9(15)16)5-19(13,17)18/h2-3,6H,1,4-5H2. The van der Waals surface area contributed by atoms with Crippen LogP contribution in [0.3, 0.4) is 0 Å². The van der Waals surface area contributed by atoms with Crippen LogP contribution in [0.5, 0.6) is 0 Å². The summed E-state index contributed by atoms with van der Waals surface area (Å²) in [5, 5.41) is 0. The Labute approximate surface area is 117 Å². The van der Waals surface area contributed by atoms with Crippen molar-refractivity contribution in [1.82, 2.24) is 4.98 Å². The zero-order valence-electron chi connectivity index (χ0n) is 9.51. The average molecular weight is 355 g/mol. The summed E-state index contributed by atoms with van der Waals surface area (Å²) in [7, 11) is -4.62. The molecule has 0 spiro atoms. The van der Waals surface area contributed by atoms with Crippen molar-refractivity contribution in [2.45, 2.75) is 6.42 Å². The van der Waals surface area contributed by atoms with Crippen molar-refractivity contribution in [2.75, 3.05) is 17.2 Å². The molecule has 0 radical (unpaired) electrons. The van der Waals surface area contributed by atoms with Crippen molar-refractivity contribution in [3.63, 3.8) is 0 Å². The minimum Gasteiger partial charge on any atom is -0.296 e. The second-order valence-corrected chi connectivity index (χ2v) is 6.50. The van der Waals surface area contributed by atoms with Gasteiger partial charge in [-0.1, -0.05) is 0 Å². The molecule has 1 fully saturated rings. The highest BCUT2D eigenvalue weighted by atomic mass is 79.9. The lowest BCUT2D eigenvalue weighted by molar-refractivity contribution is -0.117. The predicted molar refractivity (Wildman–Crippen MR) is 67.2 cm³/mol. The van der Waals surface area contributed by atoms with Crippen molar-refractivity contribution in [1.29, 1.82) is 0 Å². The first-order valence-electron chi connectivity index (χ1n) is 5.30. The van der Waals surface area contributed by atoms with Gasteiger partial charge in [0.25, 0.3) is 0 Å². The molecular weight excluding hydrogens is 346 g/mol. The zero-order valence-corrected chi connectivity index (χ0v) is 11.9. The van der Waals surface area contributed by atoms with Gasteiger partial charge < -0.3 is 0 Å². The molecule has 0 aromatic carbocycles. The Kier molecular flexibility index (Phi) is 3.86. The molecule has 1 aromatic rings. The van der Waals surface area contributed by atoms with Gasteiger partial charge in [0.15, 0.2) is 0 Å². The number of carbonyl (C=O) groups is 1. The van der Waals surface area contributed by atoms with E-state index in [-0.39, 0.29) is 29.2 Å². The number of rotatable bonds is 3. The highest BCUT2D eigenvalue weighted by Crippen LogP contribution is 2.30. The normalized spacial score (nSPS) is 20.1. The first-order chi connectivity index (χ1) is 8.76. The Morgan fingerprint density at radius 1 is 1.53 bits per heavy atom. The third-order valence-electron chi connectivity index (χ3n) is 2.68. The van der Waals surface area contributed by atoms with E-state index in [9.17, 15) is 21.5 Å². The van der Waals surface area contributed by atoms with Crippen LogP contribution in [0, 0.1) is 11.7 Å². The molecule has 9 heteroatoms. The van der Waals surface area contributed by atoms with Gasteiger partial charge in [-0.2, -0.15) is 8.42 Å².